The van der Waals surface area contributed by atoms with Crippen molar-refractivity contribution < 1.29 is 4.79 Å². The van der Waals surface area contributed by atoms with Crippen LogP contribution in [0.25, 0.3) is 0 Å². The van der Waals surface area contributed by atoms with Gasteiger partial charge in [-0.2, -0.15) is 0 Å². The summed E-state index contributed by atoms with van der Waals surface area (Å²) >= 11 is 0. The molecular formula is C11H18O. The van der Waals surface area contributed by atoms with Crippen LogP contribution in [-0.4, -0.2) is 5.78 Å². The van der Waals surface area contributed by atoms with Crippen LogP contribution in [0.2, 0.25) is 0 Å². The Balaban J connectivity index is 2.45. The highest BCUT2D eigenvalue weighted by Crippen LogP contribution is 2.30. The van der Waals surface area contributed by atoms with Crippen LogP contribution < -0.4 is 0 Å². The van der Waals surface area contributed by atoms with Gasteiger partial charge < -0.3 is 0 Å². The van der Waals surface area contributed by atoms with Gasteiger partial charge in [-0.25, -0.2) is 0 Å². The Morgan fingerprint density at radius 1 is 1.67 bits per heavy atom. The largest absolute Gasteiger partial charge is 0.299 e. The third kappa shape index (κ3) is 2.20. The summed E-state index contributed by atoms with van der Waals surface area (Å²) in [6, 6.07) is 0. The van der Waals surface area contributed by atoms with Crippen LogP contribution in [0.3, 0.4) is 0 Å². The van der Waals surface area contributed by atoms with Crippen molar-refractivity contribution in [3.8, 4) is 0 Å². The molecule has 1 aliphatic rings. The Labute approximate surface area is 74.9 Å². The van der Waals surface area contributed by atoms with Crippen molar-refractivity contribution in [3.63, 3.8) is 0 Å². The first kappa shape index (κ1) is 9.50. The Kier molecular flexibility index (Phi) is 3.51. The number of carbonyl (C=O) groups is 1. The fourth-order valence-electron chi connectivity index (χ4n) is 2.05. The van der Waals surface area contributed by atoms with Crippen molar-refractivity contribution in [2.75, 3.05) is 0 Å². The van der Waals surface area contributed by atoms with E-state index in [2.05, 4.69) is 13.5 Å². The van der Waals surface area contributed by atoms with E-state index in [9.17, 15) is 4.79 Å². The summed E-state index contributed by atoms with van der Waals surface area (Å²) in [6.07, 6.45) is 7.06. The van der Waals surface area contributed by atoms with Crippen molar-refractivity contribution in [1.29, 1.82) is 0 Å². The summed E-state index contributed by atoms with van der Waals surface area (Å²) in [5, 5.41) is 0. The van der Waals surface area contributed by atoms with Gasteiger partial charge in [0.15, 0.2) is 0 Å². The summed E-state index contributed by atoms with van der Waals surface area (Å²) in [6.45, 7) is 5.88. The lowest BCUT2D eigenvalue weighted by atomic mass is 9.77. The molecule has 68 valence electrons. The average Bonchev–Trinajstić information content (AvgIpc) is 2.04. The van der Waals surface area contributed by atoms with Crippen LogP contribution in [0.1, 0.15) is 39.0 Å². The SMILES string of the molecule is C=CCC[C@@H]1C(=O)CCC[C@H]1C. The molecule has 0 N–H and O–H groups in total. The maximum Gasteiger partial charge on any atom is 0.136 e. The van der Waals surface area contributed by atoms with E-state index >= 15 is 0 Å². The number of carbonyl (C=O) groups excluding carboxylic acids is 1. The third-order valence-corrected chi connectivity index (χ3v) is 2.86. The van der Waals surface area contributed by atoms with Gasteiger partial charge in [-0.1, -0.05) is 13.0 Å². The quantitative estimate of drug-likeness (QED) is 0.589. The molecule has 0 aromatic heterocycles. The number of hydrogen-bond donors (Lipinski definition) is 0. The van der Waals surface area contributed by atoms with Crippen molar-refractivity contribution in [3.05, 3.63) is 12.7 Å². The highest BCUT2D eigenvalue weighted by Gasteiger charge is 2.27. The zero-order valence-corrected chi connectivity index (χ0v) is 7.88. The van der Waals surface area contributed by atoms with E-state index in [-0.39, 0.29) is 0 Å². The number of ketones is 1. The summed E-state index contributed by atoms with van der Waals surface area (Å²) in [5.74, 6) is 1.42. The fraction of sp³-hybridized carbons (Fsp3) is 0.727. The van der Waals surface area contributed by atoms with Gasteiger partial charge in [-0.05, 0) is 31.6 Å². The minimum Gasteiger partial charge on any atom is -0.299 e. The zero-order valence-electron chi connectivity index (χ0n) is 7.88. The molecule has 1 aliphatic carbocycles. The van der Waals surface area contributed by atoms with Crippen molar-refractivity contribution >= 4 is 5.78 Å². The normalized spacial score (nSPS) is 30.2. The maximum absolute atomic E-state index is 11.5. The minimum absolute atomic E-state index is 0.330. The Morgan fingerprint density at radius 2 is 2.42 bits per heavy atom. The van der Waals surface area contributed by atoms with E-state index < -0.39 is 0 Å². The van der Waals surface area contributed by atoms with Crippen molar-refractivity contribution in [1.82, 2.24) is 0 Å². The third-order valence-electron chi connectivity index (χ3n) is 2.86. The average molecular weight is 166 g/mol. The summed E-state index contributed by atoms with van der Waals surface area (Å²) in [7, 11) is 0. The molecule has 2 atom stereocenters. The molecule has 12 heavy (non-hydrogen) atoms. The van der Waals surface area contributed by atoms with Gasteiger partial charge in [0.25, 0.3) is 0 Å². The van der Waals surface area contributed by atoms with Crippen LogP contribution in [-0.2, 0) is 4.79 Å². The predicted octanol–water partition coefficient (Wildman–Crippen LogP) is 2.96. The Bertz CT molecular complexity index is 172. The van der Waals surface area contributed by atoms with Gasteiger partial charge in [0.05, 0.1) is 0 Å². The van der Waals surface area contributed by atoms with E-state index in [0.29, 0.717) is 17.6 Å². The first-order chi connectivity index (χ1) is 5.75. The standard InChI is InChI=1S/C11H18O/c1-3-4-7-10-9(2)6-5-8-11(10)12/h3,9-10H,1,4-8H2,2H3/t9-,10+/m1/s1. The second-order valence-electron chi connectivity index (χ2n) is 3.81. The van der Waals surface area contributed by atoms with E-state index in [1.54, 1.807) is 0 Å². The molecule has 1 saturated carbocycles. The van der Waals surface area contributed by atoms with Gasteiger partial charge in [-0.3, -0.25) is 4.79 Å². The highest BCUT2D eigenvalue weighted by atomic mass is 16.1. The molecule has 0 aromatic carbocycles. The molecule has 0 unspecified atom stereocenters. The monoisotopic (exact) mass is 166 g/mol. The van der Waals surface area contributed by atoms with Gasteiger partial charge >= 0.3 is 0 Å². The molecule has 1 nitrogen and oxygen atoms in total. The molecule has 0 spiro atoms. The Hall–Kier alpha value is -0.590. The van der Waals surface area contributed by atoms with Crippen LogP contribution >= 0.6 is 0 Å². The minimum atomic E-state index is 0.330. The molecule has 0 heterocycles. The molecule has 0 aromatic rings. The molecule has 0 radical (unpaired) electrons. The van der Waals surface area contributed by atoms with Gasteiger partial charge in [0, 0.05) is 12.3 Å². The molecule has 1 fully saturated rings. The van der Waals surface area contributed by atoms with E-state index in [1.165, 1.54) is 6.42 Å². The lowest BCUT2D eigenvalue weighted by Crippen LogP contribution is -2.26. The topological polar surface area (TPSA) is 17.1 Å². The first-order valence-corrected chi connectivity index (χ1v) is 4.89. The second-order valence-corrected chi connectivity index (χ2v) is 3.81. The molecule has 0 bridgehead atoms. The van der Waals surface area contributed by atoms with Crippen molar-refractivity contribution in [2.45, 2.75) is 39.0 Å². The number of hydrogen-bond acceptors (Lipinski definition) is 1. The van der Waals surface area contributed by atoms with Crippen molar-refractivity contribution in [2.24, 2.45) is 11.8 Å². The molecule has 0 aliphatic heterocycles. The lowest BCUT2D eigenvalue weighted by Gasteiger charge is -2.26. The summed E-state index contributed by atoms with van der Waals surface area (Å²) < 4.78 is 0. The summed E-state index contributed by atoms with van der Waals surface area (Å²) in [4.78, 5) is 11.5. The maximum atomic E-state index is 11.5. The number of allylic oxidation sites excluding steroid dienone is 1. The molecule has 0 saturated heterocycles. The second kappa shape index (κ2) is 4.44. The molecule has 0 amide bonds. The van der Waals surface area contributed by atoms with Gasteiger partial charge in [0.2, 0.25) is 0 Å². The first-order valence-electron chi connectivity index (χ1n) is 4.89. The zero-order chi connectivity index (χ0) is 8.97. The van der Waals surface area contributed by atoms with Crippen LogP contribution in [0.15, 0.2) is 12.7 Å². The van der Waals surface area contributed by atoms with E-state index in [4.69, 9.17) is 0 Å². The smallest absolute Gasteiger partial charge is 0.136 e. The number of Topliss-reactive ketones (excluding diaryl/α,β-unsaturated/α-hetero) is 1. The molecular weight excluding hydrogens is 148 g/mol. The summed E-state index contributed by atoms with van der Waals surface area (Å²) in [5.41, 5.74) is 0. The van der Waals surface area contributed by atoms with Crippen LogP contribution in [0.5, 0.6) is 0 Å². The Morgan fingerprint density at radius 3 is 3.00 bits per heavy atom. The highest BCUT2D eigenvalue weighted by molar-refractivity contribution is 5.81. The van der Waals surface area contributed by atoms with Crippen LogP contribution in [0, 0.1) is 11.8 Å². The van der Waals surface area contributed by atoms with E-state index in [1.807, 2.05) is 6.08 Å². The van der Waals surface area contributed by atoms with Gasteiger partial charge in [-0.15, -0.1) is 6.58 Å². The number of rotatable bonds is 3. The van der Waals surface area contributed by atoms with E-state index in [0.717, 1.165) is 25.7 Å². The van der Waals surface area contributed by atoms with Crippen LogP contribution in [0.4, 0.5) is 0 Å². The molecule has 1 heteroatoms. The fourth-order valence-corrected chi connectivity index (χ4v) is 2.05. The van der Waals surface area contributed by atoms with Gasteiger partial charge in [0.1, 0.15) is 5.78 Å². The molecule has 1 rings (SSSR count). The predicted molar refractivity (Wildman–Crippen MR) is 50.9 cm³/mol. The lowest BCUT2D eigenvalue weighted by molar-refractivity contribution is -0.126.